The van der Waals surface area contributed by atoms with Gasteiger partial charge in [-0.2, -0.15) is 5.10 Å². The molecule has 1 N–H and O–H groups in total. The van der Waals surface area contributed by atoms with E-state index < -0.39 is 9.84 Å². The Kier molecular flexibility index (Phi) is 4.85. The van der Waals surface area contributed by atoms with Crippen LogP contribution in [-0.2, 0) is 16.9 Å². The summed E-state index contributed by atoms with van der Waals surface area (Å²) in [7, 11) is -1.59. The highest BCUT2D eigenvalue weighted by atomic mass is 32.2. The van der Waals surface area contributed by atoms with Gasteiger partial charge in [0.1, 0.15) is 6.33 Å². The SMILES string of the molecule is CCS(=O)(=O)c1cccc(C(=O)Nc2cccc(-c3ncn(C)n3)c2)c1. The van der Waals surface area contributed by atoms with Gasteiger partial charge in [0.15, 0.2) is 15.7 Å². The van der Waals surface area contributed by atoms with Crippen molar-refractivity contribution in [3.8, 4) is 11.4 Å². The number of amides is 1. The van der Waals surface area contributed by atoms with E-state index in [1.807, 2.05) is 6.07 Å². The molecule has 8 heteroatoms. The molecular formula is C18H18N4O3S. The molecular weight excluding hydrogens is 352 g/mol. The third-order valence-corrected chi connectivity index (χ3v) is 5.55. The monoisotopic (exact) mass is 370 g/mol. The molecule has 7 nitrogen and oxygen atoms in total. The summed E-state index contributed by atoms with van der Waals surface area (Å²) in [5, 5.41) is 7.01. The summed E-state index contributed by atoms with van der Waals surface area (Å²) in [5.41, 5.74) is 1.62. The van der Waals surface area contributed by atoms with Crippen molar-refractivity contribution >= 4 is 21.4 Å². The standard InChI is InChI=1S/C18H18N4O3S/c1-3-26(24,25)16-9-5-7-14(11-16)18(23)20-15-8-4-6-13(10-15)17-19-12-22(2)21-17/h4-12H,3H2,1-2H3,(H,20,23). The van der Waals surface area contributed by atoms with Gasteiger partial charge in [-0.3, -0.25) is 9.48 Å². The Morgan fingerprint density at radius 2 is 1.92 bits per heavy atom. The summed E-state index contributed by atoms with van der Waals surface area (Å²) in [6, 6.07) is 13.2. The van der Waals surface area contributed by atoms with Crippen molar-refractivity contribution in [2.75, 3.05) is 11.1 Å². The van der Waals surface area contributed by atoms with Gasteiger partial charge in [0.05, 0.1) is 10.6 Å². The first-order valence-corrected chi connectivity index (χ1v) is 9.64. The molecule has 2 aromatic carbocycles. The number of sulfone groups is 1. The van der Waals surface area contributed by atoms with Crippen LogP contribution in [0.25, 0.3) is 11.4 Å². The minimum absolute atomic E-state index is 0.0167. The second-order valence-corrected chi connectivity index (χ2v) is 7.99. The highest BCUT2D eigenvalue weighted by Gasteiger charge is 2.15. The van der Waals surface area contributed by atoms with Crippen LogP contribution in [0.15, 0.2) is 59.8 Å². The van der Waals surface area contributed by atoms with E-state index >= 15 is 0 Å². The quantitative estimate of drug-likeness (QED) is 0.745. The number of carbonyl (C=O) groups is 1. The minimum atomic E-state index is -3.37. The number of benzene rings is 2. The van der Waals surface area contributed by atoms with E-state index in [-0.39, 0.29) is 22.1 Å². The van der Waals surface area contributed by atoms with E-state index in [1.165, 1.54) is 12.1 Å². The Morgan fingerprint density at radius 1 is 1.15 bits per heavy atom. The fourth-order valence-electron chi connectivity index (χ4n) is 2.41. The lowest BCUT2D eigenvalue weighted by Gasteiger charge is -2.08. The molecule has 3 aromatic rings. The summed E-state index contributed by atoms with van der Waals surface area (Å²) in [6.45, 7) is 1.57. The molecule has 1 amide bonds. The van der Waals surface area contributed by atoms with Gasteiger partial charge >= 0.3 is 0 Å². The van der Waals surface area contributed by atoms with E-state index in [0.29, 0.717) is 11.5 Å². The van der Waals surface area contributed by atoms with Crippen LogP contribution in [0.1, 0.15) is 17.3 Å². The molecule has 0 atom stereocenters. The summed E-state index contributed by atoms with van der Waals surface area (Å²) in [5.74, 6) is 0.154. The summed E-state index contributed by atoms with van der Waals surface area (Å²) < 4.78 is 25.6. The zero-order valence-corrected chi connectivity index (χ0v) is 15.2. The van der Waals surface area contributed by atoms with Crippen molar-refractivity contribution in [1.29, 1.82) is 0 Å². The molecule has 134 valence electrons. The normalized spacial score (nSPS) is 11.3. The van der Waals surface area contributed by atoms with Crippen LogP contribution in [0.3, 0.4) is 0 Å². The van der Waals surface area contributed by atoms with E-state index in [2.05, 4.69) is 15.4 Å². The van der Waals surface area contributed by atoms with E-state index in [1.54, 1.807) is 55.3 Å². The average Bonchev–Trinajstić information content (AvgIpc) is 3.08. The molecule has 1 heterocycles. The van der Waals surface area contributed by atoms with E-state index in [4.69, 9.17) is 0 Å². The van der Waals surface area contributed by atoms with Crippen LogP contribution in [-0.4, -0.2) is 34.8 Å². The first-order valence-electron chi connectivity index (χ1n) is 7.99. The molecule has 3 rings (SSSR count). The lowest BCUT2D eigenvalue weighted by molar-refractivity contribution is 0.102. The molecule has 0 radical (unpaired) electrons. The van der Waals surface area contributed by atoms with Gasteiger partial charge < -0.3 is 5.32 Å². The molecule has 0 saturated carbocycles. The van der Waals surface area contributed by atoms with Crippen molar-refractivity contribution in [2.45, 2.75) is 11.8 Å². The minimum Gasteiger partial charge on any atom is -0.322 e. The fraction of sp³-hybridized carbons (Fsp3) is 0.167. The smallest absolute Gasteiger partial charge is 0.255 e. The third kappa shape index (κ3) is 3.80. The number of hydrogen-bond donors (Lipinski definition) is 1. The molecule has 0 aliphatic rings. The fourth-order valence-corrected chi connectivity index (χ4v) is 3.33. The zero-order valence-electron chi connectivity index (χ0n) is 14.4. The second-order valence-electron chi connectivity index (χ2n) is 5.71. The number of anilines is 1. The van der Waals surface area contributed by atoms with Gasteiger partial charge in [-0.1, -0.05) is 25.1 Å². The van der Waals surface area contributed by atoms with Crippen LogP contribution < -0.4 is 5.32 Å². The number of nitrogens with zero attached hydrogens (tertiary/aromatic N) is 3. The third-order valence-electron chi connectivity index (χ3n) is 3.81. The van der Waals surface area contributed by atoms with Crippen LogP contribution >= 0.6 is 0 Å². The van der Waals surface area contributed by atoms with Gasteiger partial charge in [-0.25, -0.2) is 13.4 Å². The molecule has 0 aliphatic carbocycles. The Balaban J connectivity index is 1.84. The maximum absolute atomic E-state index is 12.5. The largest absolute Gasteiger partial charge is 0.322 e. The van der Waals surface area contributed by atoms with Gasteiger partial charge in [-0.05, 0) is 30.3 Å². The molecule has 26 heavy (non-hydrogen) atoms. The number of hydrogen-bond acceptors (Lipinski definition) is 5. The molecule has 0 spiro atoms. The lowest BCUT2D eigenvalue weighted by atomic mass is 10.1. The second kappa shape index (κ2) is 7.09. The summed E-state index contributed by atoms with van der Waals surface area (Å²) in [4.78, 5) is 16.8. The van der Waals surface area contributed by atoms with Crippen molar-refractivity contribution in [2.24, 2.45) is 7.05 Å². The van der Waals surface area contributed by atoms with Crippen LogP contribution in [0, 0.1) is 0 Å². The Hall–Kier alpha value is -3.00. The molecule has 0 aliphatic heterocycles. The number of carbonyl (C=O) groups excluding carboxylic acids is 1. The summed E-state index contributed by atoms with van der Waals surface area (Å²) in [6.07, 6.45) is 1.60. The first kappa shape index (κ1) is 17.8. The lowest BCUT2D eigenvalue weighted by Crippen LogP contribution is -2.13. The molecule has 0 fully saturated rings. The predicted octanol–water partition coefficient (Wildman–Crippen LogP) is 2.53. The van der Waals surface area contributed by atoms with Crippen LogP contribution in [0.5, 0.6) is 0 Å². The highest BCUT2D eigenvalue weighted by molar-refractivity contribution is 7.91. The first-order chi connectivity index (χ1) is 12.4. The van der Waals surface area contributed by atoms with Crippen molar-refractivity contribution in [3.05, 3.63) is 60.4 Å². The topological polar surface area (TPSA) is 94.0 Å². The van der Waals surface area contributed by atoms with E-state index in [0.717, 1.165) is 5.56 Å². The van der Waals surface area contributed by atoms with Crippen LogP contribution in [0.2, 0.25) is 0 Å². The van der Waals surface area contributed by atoms with Crippen molar-refractivity contribution < 1.29 is 13.2 Å². The van der Waals surface area contributed by atoms with Gasteiger partial charge in [-0.15, -0.1) is 0 Å². The maximum Gasteiger partial charge on any atom is 0.255 e. The molecule has 0 bridgehead atoms. The summed E-state index contributed by atoms with van der Waals surface area (Å²) >= 11 is 0. The molecule has 0 unspecified atom stereocenters. The van der Waals surface area contributed by atoms with Gasteiger partial charge in [0, 0.05) is 23.9 Å². The van der Waals surface area contributed by atoms with Gasteiger partial charge in [0.2, 0.25) is 0 Å². The number of nitrogens with one attached hydrogen (secondary N) is 1. The number of aromatic nitrogens is 3. The number of rotatable bonds is 5. The Bertz CT molecular complexity index is 1060. The van der Waals surface area contributed by atoms with Crippen LogP contribution in [0.4, 0.5) is 5.69 Å². The average molecular weight is 370 g/mol. The predicted molar refractivity (Wildman–Crippen MR) is 98.6 cm³/mol. The Labute approximate surface area is 151 Å². The molecule has 1 aromatic heterocycles. The van der Waals surface area contributed by atoms with E-state index in [9.17, 15) is 13.2 Å². The molecule has 0 saturated heterocycles. The maximum atomic E-state index is 12.5. The van der Waals surface area contributed by atoms with Crippen molar-refractivity contribution in [3.63, 3.8) is 0 Å². The van der Waals surface area contributed by atoms with Crippen molar-refractivity contribution in [1.82, 2.24) is 14.8 Å². The van der Waals surface area contributed by atoms with Gasteiger partial charge in [0.25, 0.3) is 5.91 Å². The zero-order chi connectivity index (χ0) is 18.7. The highest BCUT2D eigenvalue weighted by Crippen LogP contribution is 2.20. The Morgan fingerprint density at radius 3 is 2.62 bits per heavy atom. The number of aryl methyl sites for hydroxylation is 1.